The molecule has 0 fully saturated rings. The van der Waals surface area contributed by atoms with E-state index in [0.29, 0.717) is 23.6 Å². The molecule has 1 N–H and O–H groups in total. The van der Waals surface area contributed by atoms with Gasteiger partial charge in [-0.3, -0.25) is 4.90 Å². The number of benzene rings is 1. The van der Waals surface area contributed by atoms with Gasteiger partial charge in [-0.2, -0.15) is 0 Å². The van der Waals surface area contributed by atoms with Crippen LogP contribution in [0, 0.1) is 5.92 Å². The Morgan fingerprint density at radius 2 is 2.08 bits per heavy atom. The van der Waals surface area contributed by atoms with E-state index in [1.165, 1.54) is 32.9 Å². The van der Waals surface area contributed by atoms with Crippen LogP contribution in [0.5, 0.6) is 11.5 Å². The van der Waals surface area contributed by atoms with Crippen molar-refractivity contribution in [1.82, 2.24) is 4.90 Å². The first-order chi connectivity index (χ1) is 12.0. The van der Waals surface area contributed by atoms with Crippen molar-refractivity contribution in [1.29, 1.82) is 0 Å². The van der Waals surface area contributed by atoms with Gasteiger partial charge in [0.05, 0.1) is 7.11 Å². The minimum absolute atomic E-state index is 0.257. The summed E-state index contributed by atoms with van der Waals surface area (Å²) < 4.78 is 5.33. The first-order valence-corrected chi connectivity index (χ1v) is 10.0. The summed E-state index contributed by atoms with van der Waals surface area (Å²) in [7, 11) is 1.62. The van der Waals surface area contributed by atoms with E-state index in [-0.39, 0.29) is 5.75 Å². The molecule has 1 aromatic carbocycles. The summed E-state index contributed by atoms with van der Waals surface area (Å²) in [6.45, 7) is 8.95. The number of aromatic hydroxyl groups is 1. The second-order valence-electron chi connectivity index (χ2n) is 7.96. The van der Waals surface area contributed by atoms with Crippen LogP contribution in [0.15, 0.2) is 18.2 Å². The van der Waals surface area contributed by atoms with Gasteiger partial charge in [0.1, 0.15) is 0 Å². The van der Waals surface area contributed by atoms with Crippen molar-refractivity contribution < 1.29 is 9.84 Å². The van der Waals surface area contributed by atoms with Crippen molar-refractivity contribution in [3.05, 3.63) is 44.6 Å². The molecule has 0 spiro atoms. The van der Waals surface area contributed by atoms with Crippen molar-refractivity contribution in [3.8, 4) is 11.5 Å². The smallest absolute Gasteiger partial charge is 0.160 e. The van der Waals surface area contributed by atoms with E-state index in [1.54, 1.807) is 7.11 Å². The maximum Gasteiger partial charge on any atom is 0.160 e. The van der Waals surface area contributed by atoms with Crippen molar-refractivity contribution in [2.45, 2.75) is 52.1 Å². The second kappa shape index (κ2) is 6.33. The summed E-state index contributed by atoms with van der Waals surface area (Å²) in [5.41, 5.74) is 4.13. The van der Waals surface area contributed by atoms with E-state index < -0.39 is 0 Å². The number of nitrogens with zero attached hydrogens (tertiary/aromatic N) is 1. The molecule has 0 bridgehead atoms. The molecule has 4 heteroatoms. The lowest BCUT2D eigenvalue weighted by atomic mass is 9.82. The monoisotopic (exact) mass is 357 g/mol. The van der Waals surface area contributed by atoms with Crippen LogP contribution < -0.4 is 4.74 Å². The zero-order chi connectivity index (χ0) is 17.7. The molecule has 4 rings (SSSR count). The maximum atomic E-state index is 10.3. The van der Waals surface area contributed by atoms with Crippen molar-refractivity contribution in [3.63, 3.8) is 0 Å². The average Bonchev–Trinajstić information content (AvgIpc) is 2.93. The third-order valence-electron chi connectivity index (χ3n) is 5.53. The second-order valence-corrected chi connectivity index (χ2v) is 9.18. The van der Waals surface area contributed by atoms with Gasteiger partial charge in [-0.1, -0.05) is 20.8 Å². The highest BCUT2D eigenvalue weighted by atomic mass is 32.1. The van der Waals surface area contributed by atoms with E-state index in [2.05, 4.69) is 31.7 Å². The highest BCUT2D eigenvalue weighted by molar-refractivity contribution is 7.12. The minimum atomic E-state index is 0.257. The van der Waals surface area contributed by atoms with E-state index in [9.17, 15) is 5.11 Å². The molecule has 0 radical (unpaired) electrons. The largest absolute Gasteiger partial charge is 0.504 e. The molecule has 1 aromatic heterocycles. The van der Waals surface area contributed by atoms with Crippen molar-refractivity contribution in [2.24, 2.45) is 5.92 Å². The average molecular weight is 358 g/mol. The Kier molecular flexibility index (Phi) is 4.28. The fourth-order valence-electron chi connectivity index (χ4n) is 4.40. The Morgan fingerprint density at radius 1 is 1.28 bits per heavy atom. The Bertz CT molecular complexity index is 795. The molecule has 25 heavy (non-hydrogen) atoms. The van der Waals surface area contributed by atoms with E-state index >= 15 is 0 Å². The summed E-state index contributed by atoms with van der Waals surface area (Å²) in [6.07, 6.45) is 2.23. The maximum absolute atomic E-state index is 10.3. The van der Waals surface area contributed by atoms with E-state index in [0.717, 1.165) is 19.5 Å². The molecule has 2 aliphatic heterocycles. The summed E-state index contributed by atoms with van der Waals surface area (Å²) in [4.78, 5) is 5.64. The molecule has 2 atom stereocenters. The molecule has 0 saturated carbocycles. The summed E-state index contributed by atoms with van der Waals surface area (Å²) in [6, 6.07) is 6.79. The molecular weight excluding hydrogens is 330 g/mol. The van der Waals surface area contributed by atoms with E-state index in [4.69, 9.17) is 4.74 Å². The van der Waals surface area contributed by atoms with Crippen molar-refractivity contribution >= 4 is 11.3 Å². The highest BCUT2D eigenvalue weighted by Crippen LogP contribution is 2.46. The van der Waals surface area contributed by atoms with Crippen LogP contribution in [0.4, 0.5) is 0 Å². The number of rotatable bonds is 3. The predicted molar refractivity (Wildman–Crippen MR) is 103 cm³/mol. The zero-order valence-corrected chi connectivity index (χ0v) is 16.3. The number of phenols is 1. The van der Waals surface area contributed by atoms with Gasteiger partial charge in [0.25, 0.3) is 0 Å². The first-order valence-electron chi connectivity index (χ1n) is 9.21. The molecule has 0 aliphatic carbocycles. The number of thiophene rings is 1. The number of fused-ring (bicyclic) bond motifs is 4. The molecular formula is C21H27NO2S. The highest BCUT2D eigenvalue weighted by Gasteiger charge is 2.36. The molecule has 134 valence electrons. The number of ether oxygens (including phenoxy) is 1. The fourth-order valence-corrected chi connectivity index (χ4v) is 5.83. The zero-order valence-electron chi connectivity index (χ0n) is 15.5. The lowest BCUT2D eigenvalue weighted by Gasteiger charge is -2.43. The van der Waals surface area contributed by atoms with Gasteiger partial charge in [-0.05, 0) is 53.1 Å². The van der Waals surface area contributed by atoms with Crippen LogP contribution in [-0.4, -0.2) is 23.7 Å². The minimum Gasteiger partial charge on any atom is -0.504 e. The van der Waals surface area contributed by atoms with Crippen LogP contribution in [-0.2, 0) is 19.4 Å². The topological polar surface area (TPSA) is 32.7 Å². The number of hydrogen-bond acceptors (Lipinski definition) is 4. The van der Waals surface area contributed by atoms with Gasteiger partial charge in [0.15, 0.2) is 11.5 Å². The third-order valence-corrected chi connectivity index (χ3v) is 6.75. The van der Waals surface area contributed by atoms with Gasteiger partial charge in [0, 0.05) is 35.3 Å². The molecule has 2 aliphatic rings. The normalized spacial score (nSPS) is 22.4. The first kappa shape index (κ1) is 16.9. The Balaban J connectivity index is 1.71. The van der Waals surface area contributed by atoms with Crippen LogP contribution >= 0.6 is 11.3 Å². The quantitative estimate of drug-likeness (QED) is 0.850. The van der Waals surface area contributed by atoms with Crippen LogP contribution in [0.1, 0.15) is 59.2 Å². The predicted octanol–water partition coefficient (Wildman–Crippen LogP) is 4.88. The van der Waals surface area contributed by atoms with E-state index in [1.807, 2.05) is 23.5 Å². The SMILES string of the molecule is COc1cc2c(cc1O)C1Cc3sc(CC(C)C)cc3CN1CC2C. The van der Waals surface area contributed by atoms with Crippen LogP contribution in [0.3, 0.4) is 0 Å². The number of phenolic OH excluding ortho intramolecular Hbond substituents is 1. The molecule has 3 nitrogen and oxygen atoms in total. The Morgan fingerprint density at radius 3 is 2.80 bits per heavy atom. The van der Waals surface area contributed by atoms with Gasteiger partial charge >= 0.3 is 0 Å². The van der Waals surface area contributed by atoms with Gasteiger partial charge < -0.3 is 9.84 Å². The lowest BCUT2D eigenvalue weighted by molar-refractivity contribution is 0.148. The molecule has 0 saturated heterocycles. The molecule has 2 unspecified atom stereocenters. The summed E-state index contributed by atoms with van der Waals surface area (Å²) in [5, 5.41) is 10.3. The Hall–Kier alpha value is -1.52. The van der Waals surface area contributed by atoms with Gasteiger partial charge in [0.2, 0.25) is 0 Å². The van der Waals surface area contributed by atoms with Crippen LogP contribution in [0.2, 0.25) is 0 Å². The summed E-state index contributed by atoms with van der Waals surface area (Å²) >= 11 is 1.99. The lowest BCUT2D eigenvalue weighted by Crippen LogP contribution is -2.40. The standard InChI is InChI=1S/C21H27NO2S/c1-12(2)5-15-6-14-11-22-10-13(3)16-8-20(24-4)19(23)7-17(16)18(22)9-21(14)25-15/h6-8,12-13,18,23H,5,9-11H2,1-4H3. The summed E-state index contributed by atoms with van der Waals surface area (Å²) in [5.74, 6) is 2.00. The molecule has 2 aromatic rings. The Labute approximate surface area is 154 Å². The third kappa shape index (κ3) is 2.96. The number of methoxy groups -OCH3 is 1. The molecule has 0 amide bonds. The van der Waals surface area contributed by atoms with Crippen molar-refractivity contribution in [2.75, 3.05) is 13.7 Å². The van der Waals surface area contributed by atoms with Gasteiger partial charge in [-0.25, -0.2) is 0 Å². The fraction of sp³-hybridized carbons (Fsp3) is 0.524. The van der Waals surface area contributed by atoms with Gasteiger partial charge in [-0.15, -0.1) is 11.3 Å². The van der Waals surface area contributed by atoms with Crippen LogP contribution in [0.25, 0.3) is 0 Å². The molecule has 3 heterocycles. The number of hydrogen-bond donors (Lipinski definition) is 1.